The second-order valence-corrected chi connectivity index (χ2v) is 6.89. The van der Waals surface area contributed by atoms with E-state index in [4.69, 9.17) is 5.73 Å². The number of carbonyl (C=O) groups excluding carboxylic acids is 2. The van der Waals surface area contributed by atoms with Crippen molar-refractivity contribution >= 4 is 29.0 Å². The van der Waals surface area contributed by atoms with Gasteiger partial charge >= 0.3 is 0 Å². The molecular weight excluding hydrogens is 394 g/mol. The predicted octanol–water partition coefficient (Wildman–Crippen LogP) is 2.95. The van der Waals surface area contributed by atoms with Gasteiger partial charge in [0.05, 0.1) is 0 Å². The van der Waals surface area contributed by atoms with Crippen LogP contribution in [0.25, 0.3) is 0 Å². The number of anilines is 3. The van der Waals surface area contributed by atoms with Crippen molar-refractivity contribution in [2.75, 3.05) is 16.4 Å². The molecule has 30 heavy (non-hydrogen) atoms. The zero-order valence-corrected chi connectivity index (χ0v) is 16.6. The largest absolute Gasteiger partial charge is 0.382 e. The van der Waals surface area contributed by atoms with Crippen LogP contribution in [0.15, 0.2) is 30.3 Å². The predicted molar refractivity (Wildman–Crippen MR) is 108 cm³/mol. The molecule has 0 saturated carbocycles. The molecule has 0 radical (unpaired) electrons. The molecule has 3 aromatic rings. The SMILES string of the molecule is Cc1cc(C)c(NC(=O)Cn2nnc(C(=O)Nc3ccc(F)c(F)c3)c2N)c(C)c1. The Kier molecular flexibility index (Phi) is 5.77. The first-order valence-electron chi connectivity index (χ1n) is 8.98. The number of aromatic nitrogens is 3. The maximum atomic E-state index is 13.3. The number of halogens is 2. The van der Waals surface area contributed by atoms with Gasteiger partial charge in [-0.3, -0.25) is 9.59 Å². The van der Waals surface area contributed by atoms with Crippen LogP contribution < -0.4 is 16.4 Å². The van der Waals surface area contributed by atoms with Crippen LogP contribution in [0.4, 0.5) is 26.0 Å². The lowest BCUT2D eigenvalue weighted by Crippen LogP contribution is -2.22. The first-order chi connectivity index (χ1) is 14.2. The molecular formula is C20H20F2N6O2. The Labute approximate surface area is 171 Å². The van der Waals surface area contributed by atoms with Crippen molar-refractivity contribution in [2.45, 2.75) is 27.3 Å². The molecule has 10 heteroatoms. The number of nitrogens with two attached hydrogens (primary N) is 1. The van der Waals surface area contributed by atoms with E-state index in [9.17, 15) is 18.4 Å². The van der Waals surface area contributed by atoms with Crippen molar-refractivity contribution in [3.8, 4) is 0 Å². The number of hydrogen-bond acceptors (Lipinski definition) is 5. The van der Waals surface area contributed by atoms with Gasteiger partial charge in [0.1, 0.15) is 6.54 Å². The number of nitrogens with zero attached hydrogens (tertiary/aromatic N) is 3. The summed E-state index contributed by atoms with van der Waals surface area (Å²) in [4.78, 5) is 24.7. The monoisotopic (exact) mass is 414 g/mol. The van der Waals surface area contributed by atoms with Gasteiger partial charge in [-0.25, -0.2) is 13.5 Å². The van der Waals surface area contributed by atoms with E-state index >= 15 is 0 Å². The van der Waals surface area contributed by atoms with Gasteiger partial charge in [0.25, 0.3) is 5.91 Å². The van der Waals surface area contributed by atoms with E-state index in [1.165, 1.54) is 6.07 Å². The molecule has 2 amide bonds. The number of benzene rings is 2. The van der Waals surface area contributed by atoms with E-state index < -0.39 is 23.4 Å². The molecule has 1 aromatic heterocycles. The maximum Gasteiger partial charge on any atom is 0.280 e. The molecule has 0 bridgehead atoms. The summed E-state index contributed by atoms with van der Waals surface area (Å²) >= 11 is 0. The minimum Gasteiger partial charge on any atom is -0.382 e. The Hall–Kier alpha value is -3.82. The molecule has 0 aliphatic carbocycles. The lowest BCUT2D eigenvalue weighted by atomic mass is 10.1. The Morgan fingerprint density at radius 2 is 1.70 bits per heavy atom. The highest BCUT2D eigenvalue weighted by atomic mass is 19.2. The molecule has 0 saturated heterocycles. The highest BCUT2D eigenvalue weighted by Crippen LogP contribution is 2.22. The van der Waals surface area contributed by atoms with Crippen LogP contribution in [0.1, 0.15) is 27.2 Å². The summed E-state index contributed by atoms with van der Waals surface area (Å²) in [6, 6.07) is 6.80. The first-order valence-corrected chi connectivity index (χ1v) is 8.98. The standard InChI is InChI=1S/C20H20F2N6O2/c1-10-6-11(2)17(12(3)7-10)25-16(29)9-28-19(23)18(26-27-28)20(30)24-13-4-5-14(21)15(22)8-13/h4-8H,9,23H2,1-3H3,(H,24,30)(H,25,29). The van der Waals surface area contributed by atoms with Crippen molar-refractivity contribution in [3.05, 3.63) is 64.4 Å². The van der Waals surface area contributed by atoms with E-state index in [0.717, 1.165) is 33.5 Å². The molecule has 4 N–H and O–H groups in total. The number of amides is 2. The van der Waals surface area contributed by atoms with Crippen LogP contribution in [0.2, 0.25) is 0 Å². The molecule has 0 atom stereocenters. The Balaban J connectivity index is 1.71. The molecule has 0 fully saturated rings. The minimum absolute atomic E-state index is 0.0240. The fourth-order valence-electron chi connectivity index (χ4n) is 3.06. The summed E-state index contributed by atoms with van der Waals surface area (Å²) in [5.41, 5.74) is 9.29. The van der Waals surface area contributed by atoms with E-state index in [1.807, 2.05) is 32.9 Å². The summed E-state index contributed by atoms with van der Waals surface area (Å²) in [5.74, 6) is -3.45. The average molecular weight is 414 g/mol. The third-order valence-electron chi connectivity index (χ3n) is 4.40. The highest BCUT2D eigenvalue weighted by Gasteiger charge is 2.20. The molecule has 156 valence electrons. The minimum atomic E-state index is -1.11. The van der Waals surface area contributed by atoms with Crippen molar-refractivity contribution in [1.29, 1.82) is 0 Å². The smallest absolute Gasteiger partial charge is 0.280 e. The molecule has 8 nitrogen and oxygen atoms in total. The van der Waals surface area contributed by atoms with E-state index in [1.54, 1.807) is 0 Å². The molecule has 0 aliphatic heterocycles. The zero-order chi connectivity index (χ0) is 22.0. The zero-order valence-electron chi connectivity index (χ0n) is 16.6. The van der Waals surface area contributed by atoms with Crippen molar-refractivity contribution < 1.29 is 18.4 Å². The highest BCUT2D eigenvalue weighted by molar-refractivity contribution is 6.05. The van der Waals surface area contributed by atoms with E-state index in [-0.39, 0.29) is 23.7 Å². The lowest BCUT2D eigenvalue weighted by molar-refractivity contribution is -0.116. The first kappa shape index (κ1) is 20.9. The topological polar surface area (TPSA) is 115 Å². The maximum absolute atomic E-state index is 13.3. The lowest BCUT2D eigenvalue weighted by Gasteiger charge is -2.13. The van der Waals surface area contributed by atoms with Gasteiger partial charge in [-0.15, -0.1) is 5.10 Å². The molecule has 0 aliphatic rings. The number of rotatable bonds is 5. The summed E-state index contributed by atoms with van der Waals surface area (Å²) in [5, 5.41) is 12.6. The Morgan fingerprint density at radius 3 is 2.33 bits per heavy atom. The fourth-order valence-corrected chi connectivity index (χ4v) is 3.06. The quantitative estimate of drug-likeness (QED) is 0.594. The molecule has 1 heterocycles. The fraction of sp³-hybridized carbons (Fsp3) is 0.200. The van der Waals surface area contributed by atoms with Gasteiger partial charge in [0, 0.05) is 17.4 Å². The molecule has 0 spiro atoms. The number of aryl methyl sites for hydroxylation is 3. The van der Waals surface area contributed by atoms with E-state index in [2.05, 4.69) is 20.9 Å². The van der Waals surface area contributed by atoms with Crippen LogP contribution in [0.3, 0.4) is 0 Å². The molecule has 0 unspecified atom stereocenters. The van der Waals surface area contributed by atoms with Crippen molar-refractivity contribution in [2.24, 2.45) is 0 Å². The van der Waals surface area contributed by atoms with Gasteiger partial charge < -0.3 is 16.4 Å². The average Bonchev–Trinajstić information content (AvgIpc) is 3.02. The van der Waals surface area contributed by atoms with Gasteiger partial charge in [0.2, 0.25) is 5.91 Å². The van der Waals surface area contributed by atoms with E-state index in [0.29, 0.717) is 5.69 Å². The molecule has 2 aromatic carbocycles. The van der Waals surface area contributed by atoms with Crippen LogP contribution in [0, 0.1) is 32.4 Å². The van der Waals surface area contributed by atoms with Gasteiger partial charge in [0.15, 0.2) is 23.1 Å². The summed E-state index contributed by atoms with van der Waals surface area (Å²) in [6.07, 6.45) is 0. The Bertz CT molecular complexity index is 1120. The number of nitrogen functional groups attached to an aromatic ring is 1. The summed E-state index contributed by atoms with van der Waals surface area (Å²) in [7, 11) is 0. The normalized spacial score (nSPS) is 10.7. The Morgan fingerprint density at radius 1 is 1.03 bits per heavy atom. The second-order valence-electron chi connectivity index (χ2n) is 6.89. The van der Waals surface area contributed by atoms with Crippen LogP contribution in [-0.4, -0.2) is 26.8 Å². The van der Waals surface area contributed by atoms with Crippen LogP contribution in [0.5, 0.6) is 0 Å². The van der Waals surface area contributed by atoms with Crippen molar-refractivity contribution in [3.63, 3.8) is 0 Å². The van der Waals surface area contributed by atoms with Crippen LogP contribution >= 0.6 is 0 Å². The van der Waals surface area contributed by atoms with Crippen LogP contribution in [-0.2, 0) is 11.3 Å². The number of carbonyl (C=O) groups is 2. The van der Waals surface area contributed by atoms with Gasteiger partial charge in [-0.2, -0.15) is 0 Å². The summed E-state index contributed by atoms with van der Waals surface area (Å²) in [6.45, 7) is 5.49. The summed E-state index contributed by atoms with van der Waals surface area (Å²) < 4.78 is 27.4. The van der Waals surface area contributed by atoms with Gasteiger partial charge in [-0.1, -0.05) is 22.9 Å². The second kappa shape index (κ2) is 8.27. The third-order valence-corrected chi connectivity index (χ3v) is 4.40. The van der Waals surface area contributed by atoms with Crippen molar-refractivity contribution in [1.82, 2.24) is 15.0 Å². The number of nitrogens with one attached hydrogen (secondary N) is 2. The number of hydrogen-bond donors (Lipinski definition) is 3. The van der Waals surface area contributed by atoms with Gasteiger partial charge in [-0.05, 0) is 44.0 Å². The molecule has 3 rings (SSSR count). The third kappa shape index (κ3) is 4.43.